The average Bonchev–Trinajstić information content (AvgIpc) is 2.01. The Hall–Kier alpha value is -0.830. The molecule has 14 heavy (non-hydrogen) atoms. The van der Waals surface area contributed by atoms with E-state index in [1.54, 1.807) is 0 Å². The van der Waals surface area contributed by atoms with Crippen LogP contribution >= 0.6 is 11.8 Å². The number of hydrogen-bond acceptors (Lipinski definition) is 2. The maximum atomic E-state index is 12.9. The molecule has 0 fully saturated rings. The van der Waals surface area contributed by atoms with Crippen LogP contribution in [0.25, 0.3) is 0 Å². The largest absolute Gasteiger partial charge is 0.298 e. The first-order chi connectivity index (χ1) is 6.42. The Morgan fingerprint density at radius 1 is 1.36 bits per heavy atom. The van der Waals surface area contributed by atoms with Crippen LogP contribution in [0.1, 0.15) is 31.1 Å². The molecule has 0 N–H and O–H groups in total. The third-order valence-electron chi connectivity index (χ3n) is 1.52. The lowest BCUT2D eigenvalue weighted by Gasteiger charge is -2.18. The molecule has 1 nitrogen and oxygen atoms in total. The molecule has 0 heterocycles. The minimum absolute atomic E-state index is 0.0223. The number of benzene rings is 1. The van der Waals surface area contributed by atoms with Gasteiger partial charge in [0.15, 0.2) is 6.29 Å². The van der Waals surface area contributed by atoms with Gasteiger partial charge >= 0.3 is 0 Å². The van der Waals surface area contributed by atoms with Gasteiger partial charge in [0, 0.05) is 15.2 Å². The minimum Gasteiger partial charge on any atom is -0.298 e. The standard InChI is InChI=1S/C11H13FOS/c1-11(2,3)14-10-6-9(12)5-4-8(10)7-13/h4-7H,1-3H3. The van der Waals surface area contributed by atoms with E-state index in [-0.39, 0.29) is 10.6 Å². The van der Waals surface area contributed by atoms with Gasteiger partial charge in [-0.2, -0.15) is 0 Å². The number of carbonyl (C=O) groups excluding carboxylic acids is 1. The highest BCUT2D eigenvalue weighted by atomic mass is 32.2. The predicted octanol–water partition coefficient (Wildman–Crippen LogP) is 3.53. The van der Waals surface area contributed by atoms with Gasteiger partial charge in [-0.05, 0) is 18.2 Å². The maximum absolute atomic E-state index is 12.9. The van der Waals surface area contributed by atoms with Gasteiger partial charge in [0.1, 0.15) is 5.82 Å². The molecule has 0 saturated heterocycles. The van der Waals surface area contributed by atoms with Crippen molar-refractivity contribution in [1.29, 1.82) is 0 Å². The number of thioether (sulfide) groups is 1. The first-order valence-corrected chi connectivity index (χ1v) is 5.18. The molecule has 0 saturated carbocycles. The summed E-state index contributed by atoms with van der Waals surface area (Å²) in [5.41, 5.74) is 0.548. The topological polar surface area (TPSA) is 17.1 Å². The van der Waals surface area contributed by atoms with Crippen molar-refractivity contribution in [1.82, 2.24) is 0 Å². The maximum Gasteiger partial charge on any atom is 0.151 e. The lowest BCUT2D eigenvalue weighted by molar-refractivity contribution is 0.112. The molecule has 0 bridgehead atoms. The zero-order valence-corrected chi connectivity index (χ0v) is 9.32. The summed E-state index contributed by atoms with van der Waals surface area (Å²) in [4.78, 5) is 11.4. The summed E-state index contributed by atoms with van der Waals surface area (Å²) in [5, 5.41) is 0. The first-order valence-electron chi connectivity index (χ1n) is 4.36. The van der Waals surface area contributed by atoms with E-state index in [0.29, 0.717) is 10.5 Å². The van der Waals surface area contributed by atoms with Gasteiger partial charge in [-0.25, -0.2) is 4.39 Å². The van der Waals surface area contributed by atoms with Gasteiger partial charge in [0.25, 0.3) is 0 Å². The van der Waals surface area contributed by atoms with Crippen molar-refractivity contribution in [2.45, 2.75) is 30.4 Å². The van der Waals surface area contributed by atoms with Crippen LogP contribution in [0.4, 0.5) is 4.39 Å². The van der Waals surface area contributed by atoms with E-state index in [2.05, 4.69) is 0 Å². The Morgan fingerprint density at radius 2 is 2.00 bits per heavy atom. The molecule has 0 atom stereocenters. The predicted molar refractivity (Wildman–Crippen MR) is 57.4 cm³/mol. The van der Waals surface area contributed by atoms with Gasteiger partial charge in [-0.1, -0.05) is 20.8 Å². The summed E-state index contributed by atoms with van der Waals surface area (Å²) >= 11 is 1.49. The quantitative estimate of drug-likeness (QED) is 0.551. The second kappa shape index (κ2) is 4.13. The van der Waals surface area contributed by atoms with E-state index in [4.69, 9.17) is 0 Å². The molecular weight excluding hydrogens is 199 g/mol. The molecule has 0 amide bonds. The summed E-state index contributed by atoms with van der Waals surface area (Å²) in [7, 11) is 0. The monoisotopic (exact) mass is 212 g/mol. The first kappa shape index (κ1) is 11.2. The van der Waals surface area contributed by atoms with Crippen LogP contribution < -0.4 is 0 Å². The summed E-state index contributed by atoms with van der Waals surface area (Å²) < 4.78 is 12.9. The average molecular weight is 212 g/mol. The molecule has 0 aliphatic heterocycles. The van der Waals surface area contributed by atoms with Gasteiger partial charge in [-0.15, -0.1) is 11.8 Å². The normalized spacial score (nSPS) is 11.4. The molecule has 0 spiro atoms. The number of aldehydes is 1. The van der Waals surface area contributed by atoms with E-state index in [1.807, 2.05) is 20.8 Å². The Kier molecular flexibility index (Phi) is 3.32. The second-order valence-electron chi connectivity index (χ2n) is 4.01. The van der Waals surface area contributed by atoms with E-state index >= 15 is 0 Å². The summed E-state index contributed by atoms with van der Waals surface area (Å²) in [6, 6.07) is 4.21. The van der Waals surface area contributed by atoms with Crippen LogP contribution in [0.15, 0.2) is 23.1 Å². The van der Waals surface area contributed by atoms with Crippen molar-refractivity contribution in [2.75, 3.05) is 0 Å². The van der Waals surface area contributed by atoms with Crippen LogP contribution in [0.5, 0.6) is 0 Å². The summed E-state index contributed by atoms with van der Waals surface area (Å²) in [6.07, 6.45) is 0.757. The lowest BCUT2D eigenvalue weighted by Crippen LogP contribution is -2.07. The smallest absolute Gasteiger partial charge is 0.151 e. The molecule has 1 rings (SSSR count). The molecule has 0 radical (unpaired) electrons. The Labute approximate surface area is 87.7 Å². The highest BCUT2D eigenvalue weighted by molar-refractivity contribution is 8.00. The molecule has 1 aromatic carbocycles. The Bertz CT molecular complexity index is 342. The number of rotatable bonds is 2. The van der Waals surface area contributed by atoms with Crippen molar-refractivity contribution >= 4 is 18.0 Å². The van der Waals surface area contributed by atoms with Gasteiger partial charge in [0.05, 0.1) is 0 Å². The molecule has 0 aromatic heterocycles. The van der Waals surface area contributed by atoms with Crippen LogP contribution in [-0.2, 0) is 0 Å². The van der Waals surface area contributed by atoms with E-state index < -0.39 is 0 Å². The molecule has 76 valence electrons. The van der Waals surface area contributed by atoms with E-state index in [0.717, 1.165) is 6.29 Å². The zero-order valence-electron chi connectivity index (χ0n) is 8.50. The highest BCUT2D eigenvalue weighted by Gasteiger charge is 2.15. The van der Waals surface area contributed by atoms with E-state index in [1.165, 1.54) is 30.0 Å². The fraction of sp³-hybridized carbons (Fsp3) is 0.364. The molecule has 0 aliphatic carbocycles. The van der Waals surface area contributed by atoms with Crippen molar-refractivity contribution in [3.8, 4) is 0 Å². The molecule has 3 heteroatoms. The Balaban J connectivity index is 3.05. The van der Waals surface area contributed by atoms with Gasteiger partial charge < -0.3 is 0 Å². The van der Waals surface area contributed by atoms with E-state index in [9.17, 15) is 9.18 Å². The van der Waals surface area contributed by atoms with Gasteiger partial charge in [0.2, 0.25) is 0 Å². The molecular formula is C11H13FOS. The SMILES string of the molecule is CC(C)(C)Sc1cc(F)ccc1C=O. The van der Waals surface area contributed by atoms with Crippen LogP contribution in [-0.4, -0.2) is 11.0 Å². The minimum atomic E-state index is -0.303. The number of halogens is 1. The van der Waals surface area contributed by atoms with Crippen molar-refractivity contribution in [3.05, 3.63) is 29.6 Å². The van der Waals surface area contributed by atoms with Crippen molar-refractivity contribution in [2.24, 2.45) is 0 Å². The number of hydrogen-bond donors (Lipinski definition) is 0. The van der Waals surface area contributed by atoms with Crippen LogP contribution in [0.3, 0.4) is 0 Å². The van der Waals surface area contributed by atoms with Crippen molar-refractivity contribution in [3.63, 3.8) is 0 Å². The second-order valence-corrected chi connectivity index (χ2v) is 5.88. The molecule has 0 aliphatic rings. The fourth-order valence-corrected chi connectivity index (χ4v) is 2.09. The summed E-state index contributed by atoms with van der Waals surface area (Å²) in [5.74, 6) is -0.303. The summed E-state index contributed by atoms with van der Waals surface area (Å²) in [6.45, 7) is 6.07. The Morgan fingerprint density at radius 3 is 2.50 bits per heavy atom. The lowest BCUT2D eigenvalue weighted by atomic mass is 10.2. The zero-order chi connectivity index (χ0) is 10.8. The number of carbonyl (C=O) groups is 1. The molecule has 1 aromatic rings. The highest BCUT2D eigenvalue weighted by Crippen LogP contribution is 2.33. The third-order valence-corrected chi connectivity index (χ3v) is 2.70. The molecule has 0 unspecified atom stereocenters. The van der Waals surface area contributed by atoms with Crippen LogP contribution in [0.2, 0.25) is 0 Å². The third kappa shape index (κ3) is 3.14. The van der Waals surface area contributed by atoms with Gasteiger partial charge in [-0.3, -0.25) is 4.79 Å². The van der Waals surface area contributed by atoms with Crippen LogP contribution in [0, 0.1) is 5.82 Å². The van der Waals surface area contributed by atoms with Crippen molar-refractivity contribution < 1.29 is 9.18 Å². The fourth-order valence-electron chi connectivity index (χ4n) is 1.02.